The van der Waals surface area contributed by atoms with Gasteiger partial charge in [-0.3, -0.25) is 4.79 Å². The van der Waals surface area contributed by atoms with Crippen molar-refractivity contribution in [3.05, 3.63) is 0 Å². The van der Waals surface area contributed by atoms with Crippen LogP contribution in [0.1, 0.15) is 25.7 Å². The second-order valence-electron chi connectivity index (χ2n) is 7.05. The number of guanidine groups is 1. The van der Waals surface area contributed by atoms with Crippen LogP contribution in [0.5, 0.6) is 0 Å². The number of halogens is 1. The molecule has 2 atom stereocenters. The highest BCUT2D eigenvalue weighted by atomic mass is 127. The number of ether oxygens (including phenoxy) is 3. The number of aliphatic imine (C=N–C) groups is 1. The molecule has 0 saturated carbocycles. The Balaban J connectivity index is 0.00000364. The lowest BCUT2D eigenvalue weighted by Crippen LogP contribution is -2.42. The van der Waals surface area contributed by atoms with Crippen LogP contribution in [0.4, 0.5) is 0 Å². The van der Waals surface area contributed by atoms with E-state index in [-0.39, 0.29) is 42.5 Å². The zero-order valence-corrected chi connectivity index (χ0v) is 18.9. The molecule has 2 unspecified atom stereocenters. The highest BCUT2D eigenvalue weighted by Crippen LogP contribution is 2.12. The maximum Gasteiger partial charge on any atom is 0.243 e. The second kappa shape index (κ2) is 14.4. The first-order chi connectivity index (χ1) is 12.6. The molecule has 1 amide bonds. The van der Waals surface area contributed by atoms with E-state index in [1.807, 2.05) is 0 Å². The van der Waals surface area contributed by atoms with Gasteiger partial charge in [0.1, 0.15) is 6.54 Å². The summed E-state index contributed by atoms with van der Waals surface area (Å²) < 4.78 is 16.7. The van der Waals surface area contributed by atoms with Gasteiger partial charge in [-0.2, -0.15) is 0 Å². The van der Waals surface area contributed by atoms with Crippen LogP contribution in [0.25, 0.3) is 0 Å². The predicted octanol–water partition coefficient (Wildman–Crippen LogP) is 0.850. The summed E-state index contributed by atoms with van der Waals surface area (Å²) in [7, 11) is 3.47. The highest BCUT2D eigenvalue weighted by Gasteiger charge is 2.16. The molecule has 158 valence electrons. The number of rotatable bonds is 10. The molecular formula is C18H35IN4O4. The van der Waals surface area contributed by atoms with Crippen molar-refractivity contribution < 1.29 is 19.0 Å². The van der Waals surface area contributed by atoms with Crippen molar-refractivity contribution in [1.29, 1.82) is 0 Å². The van der Waals surface area contributed by atoms with Gasteiger partial charge in [0, 0.05) is 52.9 Å². The maximum absolute atomic E-state index is 11.8. The molecule has 8 nitrogen and oxygen atoms in total. The molecular weight excluding hydrogens is 463 g/mol. The first-order valence-electron chi connectivity index (χ1n) is 9.64. The van der Waals surface area contributed by atoms with Crippen molar-refractivity contribution in [1.82, 2.24) is 15.5 Å². The quantitative estimate of drug-likeness (QED) is 0.201. The Hall–Kier alpha value is -0.650. The minimum Gasteiger partial charge on any atom is -0.381 e. The van der Waals surface area contributed by atoms with Crippen LogP contribution < -0.4 is 10.6 Å². The minimum absolute atomic E-state index is 0. The van der Waals surface area contributed by atoms with Crippen LogP contribution in [-0.2, 0) is 19.0 Å². The Morgan fingerprint density at radius 1 is 1.26 bits per heavy atom. The van der Waals surface area contributed by atoms with Crippen molar-refractivity contribution in [3.8, 4) is 0 Å². The summed E-state index contributed by atoms with van der Waals surface area (Å²) in [5.41, 5.74) is 0. The van der Waals surface area contributed by atoms with E-state index >= 15 is 0 Å². The first kappa shape index (κ1) is 24.4. The van der Waals surface area contributed by atoms with Crippen LogP contribution in [0.2, 0.25) is 0 Å². The molecule has 0 aromatic carbocycles. The molecule has 0 spiro atoms. The minimum atomic E-state index is -0.0228. The number of hydrogen-bond donors (Lipinski definition) is 2. The van der Waals surface area contributed by atoms with E-state index in [1.54, 1.807) is 19.0 Å². The molecule has 2 N–H and O–H groups in total. The second-order valence-corrected chi connectivity index (χ2v) is 7.05. The van der Waals surface area contributed by atoms with Gasteiger partial charge in [-0.15, -0.1) is 24.0 Å². The fraction of sp³-hybridized carbons (Fsp3) is 0.889. The van der Waals surface area contributed by atoms with E-state index in [4.69, 9.17) is 14.2 Å². The summed E-state index contributed by atoms with van der Waals surface area (Å²) in [6.45, 7) is 5.57. The number of hydrogen-bond acceptors (Lipinski definition) is 5. The monoisotopic (exact) mass is 498 g/mol. The molecule has 2 heterocycles. The molecule has 0 aliphatic carbocycles. The lowest BCUT2D eigenvalue weighted by Gasteiger charge is -2.16. The van der Waals surface area contributed by atoms with Crippen LogP contribution >= 0.6 is 24.0 Å². The number of carbonyl (C=O) groups excluding carboxylic acids is 1. The standard InChI is InChI=1S/C18H34N4O4.HI/c1-22(2)17(23)12-21-18(20-11-16-5-3-9-26-16)19-7-4-8-24-13-15-6-10-25-14-15;/h15-16H,3-14H2,1-2H3,(H2,19,20,21);1H. The van der Waals surface area contributed by atoms with Gasteiger partial charge in [-0.1, -0.05) is 0 Å². The smallest absolute Gasteiger partial charge is 0.243 e. The number of amides is 1. The summed E-state index contributed by atoms with van der Waals surface area (Å²) in [5, 5.41) is 6.55. The first-order valence-corrected chi connectivity index (χ1v) is 9.64. The molecule has 0 aromatic rings. The molecule has 9 heteroatoms. The van der Waals surface area contributed by atoms with E-state index in [2.05, 4.69) is 15.6 Å². The van der Waals surface area contributed by atoms with Gasteiger partial charge in [-0.05, 0) is 25.7 Å². The van der Waals surface area contributed by atoms with Crippen LogP contribution in [0.3, 0.4) is 0 Å². The molecule has 2 rings (SSSR count). The highest BCUT2D eigenvalue weighted by molar-refractivity contribution is 14.0. The van der Waals surface area contributed by atoms with Gasteiger partial charge in [0.25, 0.3) is 0 Å². The SMILES string of the molecule is CN(C)C(=O)CN=C(NCCCOCC1CCOC1)NCC1CCCO1.I. The van der Waals surface area contributed by atoms with Crippen molar-refractivity contribution in [2.24, 2.45) is 10.9 Å². The van der Waals surface area contributed by atoms with E-state index in [0.717, 1.165) is 58.7 Å². The summed E-state index contributed by atoms with van der Waals surface area (Å²) in [6, 6.07) is 0. The van der Waals surface area contributed by atoms with Crippen molar-refractivity contribution >= 4 is 35.8 Å². The molecule has 0 radical (unpaired) electrons. The van der Waals surface area contributed by atoms with Crippen LogP contribution in [0.15, 0.2) is 4.99 Å². The zero-order chi connectivity index (χ0) is 18.6. The van der Waals surface area contributed by atoms with E-state index in [9.17, 15) is 4.79 Å². The topological polar surface area (TPSA) is 84.4 Å². The maximum atomic E-state index is 11.8. The Bertz CT molecular complexity index is 439. The largest absolute Gasteiger partial charge is 0.381 e. The molecule has 2 fully saturated rings. The Labute approximate surface area is 179 Å². The summed E-state index contributed by atoms with van der Waals surface area (Å²) >= 11 is 0. The van der Waals surface area contributed by atoms with Gasteiger partial charge in [0.15, 0.2) is 5.96 Å². The van der Waals surface area contributed by atoms with Gasteiger partial charge < -0.3 is 29.7 Å². The third-order valence-corrected chi connectivity index (χ3v) is 4.53. The van der Waals surface area contributed by atoms with E-state index < -0.39 is 0 Å². The number of nitrogens with zero attached hydrogens (tertiary/aromatic N) is 2. The average molecular weight is 498 g/mol. The zero-order valence-electron chi connectivity index (χ0n) is 16.6. The molecule has 27 heavy (non-hydrogen) atoms. The van der Waals surface area contributed by atoms with Crippen molar-refractivity contribution in [2.75, 3.05) is 66.8 Å². The number of likely N-dealkylation sites (N-methyl/N-ethyl adjacent to an activating group) is 1. The predicted molar refractivity (Wildman–Crippen MR) is 116 cm³/mol. The molecule has 2 saturated heterocycles. The molecule has 0 aromatic heterocycles. The lowest BCUT2D eigenvalue weighted by molar-refractivity contribution is -0.127. The Morgan fingerprint density at radius 3 is 2.78 bits per heavy atom. The fourth-order valence-corrected chi connectivity index (χ4v) is 2.82. The summed E-state index contributed by atoms with van der Waals surface area (Å²) in [5.74, 6) is 1.18. The third kappa shape index (κ3) is 10.5. The summed E-state index contributed by atoms with van der Waals surface area (Å²) in [6.07, 6.45) is 4.38. The number of carbonyl (C=O) groups is 1. The molecule has 2 aliphatic rings. The van der Waals surface area contributed by atoms with E-state index in [0.29, 0.717) is 25.0 Å². The number of nitrogens with one attached hydrogen (secondary N) is 2. The Morgan fingerprint density at radius 2 is 2.11 bits per heavy atom. The molecule has 2 aliphatic heterocycles. The van der Waals surface area contributed by atoms with Gasteiger partial charge in [0.05, 0.1) is 19.3 Å². The van der Waals surface area contributed by atoms with Crippen molar-refractivity contribution in [3.63, 3.8) is 0 Å². The van der Waals surface area contributed by atoms with Crippen LogP contribution in [-0.4, -0.2) is 89.6 Å². The normalized spacial score (nSPS) is 22.4. The van der Waals surface area contributed by atoms with Gasteiger partial charge >= 0.3 is 0 Å². The molecule has 0 bridgehead atoms. The lowest BCUT2D eigenvalue weighted by atomic mass is 10.1. The third-order valence-electron chi connectivity index (χ3n) is 4.53. The van der Waals surface area contributed by atoms with Gasteiger partial charge in [0.2, 0.25) is 5.91 Å². The Kier molecular flexibility index (Phi) is 13.0. The average Bonchev–Trinajstić information content (AvgIpc) is 3.32. The van der Waals surface area contributed by atoms with Crippen molar-refractivity contribution in [2.45, 2.75) is 31.8 Å². The van der Waals surface area contributed by atoms with E-state index in [1.165, 1.54) is 0 Å². The summed E-state index contributed by atoms with van der Waals surface area (Å²) in [4.78, 5) is 17.7. The fourth-order valence-electron chi connectivity index (χ4n) is 2.82. The van der Waals surface area contributed by atoms with Gasteiger partial charge in [-0.25, -0.2) is 4.99 Å². The van der Waals surface area contributed by atoms with Crippen LogP contribution in [0, 0.1) is 5.92 Å².